The van der Waals surface area contributed by atoms with Crippen LogP contribution >= 0.6 is 11.3 Å². The first-order valence-corrected chi connectivity index (χ1v) is 12.0. The van der Waals surface area contributed by atoms with Gasteiger partial charge in [0.2, 0.25) is 4.80 Å². The third-order valence-corrected chi connectivity index (χ3v) is 6.69. The van der Waals surface area contributed by atoms with Crippen molar-refractivity contribution >= 4 is 40.0 Å². The maximum Gasteiger partial charge on any atom is 0.294 e. The van der Waals surface area contributed by atoms with Crippen molar-refractivity contribution in [1.82, 2.24) is 4.68 Å². The molecule has 9 nitrogen and oxygen atoms in total. The fourth-order valence-corrected chi connectivity index (χ4v) is 5.07. The number of benzene rings is 2. The molecule has 1 aliphatic heterocycles. The van der Waals surface area contributed by atoms with Crippen molar-refractivity contribution in [3.05, 3.63) is 62.8 Å². The first-order chi connectivity index (χ1) is 16.5. The van der Waals surface area contributed by atoms with Gasteiger partial charge < -0.3 is 10.1 Å². The van der Waals surface area contributed by atoms with Gasteiger partial charge in [-0.15, -0.1) is 11.3 Å². The summed E-state index contributed by atoms with van der Waals surface area (Å²) in [5, 5.41) is 21.2. The molecule has 5 rings (SSSR count). The van der Waals surface area contributed by atoms with Crippen molar-refractivity contribution in [1.29, 1.82) is 0 Å². The zero-order chi connectivity index (χ0) is 23.7. The van der Waals surface area contributed by atoms with Crippen LogP contribution in [0.4, 0.5) is 17.1 Å². The van der Waals surface area contributed by atoms with Gasteiger partial charge in [-0.2, -0.15) is 5.10 Å². The largest absolute Gasteiger partial charge is 0.482 e. The summed E-state index contributed by atoms with van der Waals surface area (Å²) in [6.45, 7) is 2.22. The van der Waals surface area contributed by atoms with Gasteiger partial charge in [0.15, 0.2) is 6.61 Å². The van der Waals surface area contributed by atoms with Gasteiger partial charge in [-0.05, 0) is 55.9 Å². The topological polar surface area (TPSA) is 111 Å². The molecule has 2 aliphatic rings. The van der Waals surface area contributed by atoms with Crippen molar-refractivity contribution in [3.8, 4) is 17.0 Å². The number of nitrogens with one attached hydrogen (secondary N) is 1. The summed E-state index contributed by atoms with van der Waals surface area (Å²) in [5.41, 5.74) is 3.52. The minimum absolute atomic E-state index is 0.00445. The van der Waals surface area contributed by atoms with E-state index >= 15 is 0 Å². The molecule has 1 amide bonds. The fraction of sp³-hybridized carbons (Fsp3) is 0.292. The lowest BCUT2D eigenvalue weighted by atomic mass is 9.89. The number of carbonyl (C=O) groups excluding carboxylic acids is 1. The highest BCUT2D eigenvalue weighted by molar-refractivity contribution is 7.07. The summed E-state index contributed by atoms with van der Waals surface area (Å²) >= 11 is 1.36. The maximum absolute atomic E-state index is 11.8. The molecule has 2 aromatic carbocycles. The number of thiazole rings is 1. The van der Waals surface area contributed by atoms with Crippen LogP contribution < -0.4 is 14.9 Å². The molecule has 0 bridgehead atoms. The molecule has 1 fully saturated rings. The zero-order valence-corrected chi connectivity index (χ0v) is 19.4. The second kappa shape index (κ2) is 9.22. The number of para-hydroxylation sites is 2. The third-order valence-electron chi connectivity index (χ3n) is 5.88. The summed E-state index contributed by atoms with van der Waals surface area (Å²) in [4.78, 5) is 28.0. The molecule has 1 aliphatic carbocycles. The van der Waals surface area contributed by atoms with E-state index in [9.17, 15) is 14.9 Å². The van der Waals surface area contributed by atoms with Crippen molar-refractivity contribution in [3.63, 3.8) is 0 Å². The van der Waals surface area contributed by atoms with Crippen LogP contribution in [0.1, 0.15) is 32.6 Å². The quantitative estimate of drug-likeness (QED) is 0.416. The average Bonchev–Trinajstić information content (AvgIpc) is 3.20. The van der Waals surface area contributed by atoms with E-state index in [-0.39, 0.29) is 23.9 Å². The number of nitrogens with zero attached hydrogens (tertiary/aromatic N) is 4. The molecular weight excluding hydrogens is 454 g/mol. The Kier molecular flexibility index (Phi) is 5.97. The number of rotatable bonds is 4. The number of ether oxygens (including phenoxy) is 1. The lowest BCUT2D eigenvalue weighted by molar-refractivity contribution is -0.384. The molecule has 0 radical (unpaired) electrons. The molecule has 1 aromatic heterocycles. The van der Waals surface area contributed by atoms with Crippen LogP contribution in [0.3, 0.4) is 0 Å². The predicted octanol–water partition coefficient (Wildman–Crippen LogP) is 5.10. The van der Waals surface area contributed by atoms with Crippen molar-refractivity contribution in [2.24, 2.45) is 16.0 Å². The van der Waals surface area contributed by atoms with Gasteiger partial charge in [0.25, 0.3) is 11.6 Å². The minimum atomic E-state index is -0.432. The normalized spacial score (nSPS) is 19.4. The van der Waals surface area contributed by atoms with Gasteiger partial charge >= 0.3 is 0 Å². The molecule has 3 aromatic rings. The number of nitro groups is 1. The van der Waals surface area contributed by atoms with E-state index in [4.69, 9.17) is 9.84 Å². The van der Waals surface area contributed by atoms with E-state index < -0.39 is 4.92 Å². The first-order valence-electron chi connectivity index (χ1n) is 11.1. The van der Waals surface area contributed by atoms with E-state index in [1.54, 1.807) is 22.9 Å². The summed E-state index contributed by atoms with van der Waals surface area (Å²) < 4.78 is 7.25. The summed E-state index contributed by atoms with van der Waals surface area (Å²) in [6, 6.07) is 12.0. The molecule has 0 spiro atoms. The first kappa shape index (κ1) is 22.0. The Bertz CT molecular complexity index is 1370. The van der Waals surface area contributed by atoms with Gasteiger partial charge in [-0.3, -0.25) is 14.9 Å². The van der Waals surface area contributed by atoms with Crippen LogP contribution in [0.5, 0.6) is 5.75 Å². The van der Waals surface area contributed by atoms with Crippen LogP contribution in [-0.4, -0.2) is 27.8 Å². The molecule has 2 heterocycles. The molecule has 10 heteroatoms. The second-order valence-corrected chi connectivity index (χ2v) is 9.33. The number of amides is 1. The molecule has 34 heavy (non-hydrogen) atoms. The monoisotopic (exact) mass is 477 g/mol. The Hall–Kier alpha value is -3.79. The number of anilines is 1. The molecule has 1 saturated carbocycles. The molecule has 0 saturated heterocycles. The number of hydrogen-bond donors (Lipinski definition) is 1. The highest BCUT2D eigenvalue weighted by atomic mass is 32.1. The Morgan fingerprint density at radius 2 is 2.12 bits per heavy atom. The SMILES string of the molecule is CC1CCCC(=Nn2c(-c3ccc4c(c3)NC(=O)CO4)csc2=Nc2ccccc2[N+](=O)[O-])C1. The molecule has 1 atom stereocenters. The average molecular weight is 478 g/mol. The molecule has 174 valence electrons. The fourth-order valence-electron chi connectivity index (χ4n) is 4.22. The summed E-state index contributed by atoms with van der Waals surface area (Å²) in [7, 11) is 0. The predicted molar refractivity (Wildman–Crippen MR) is 131 cm³/mol. The zero-order valence-electron chi connectivity index (χ0n) is 18.6. The van der Waals surface area contributed by atoms with E-state index in [0.29, 0.717) is 22.2 Å². The van der Waals surface area contributed by atoms with E-state index in [1.165, 1.54) is 23.8 Å². The molecule has 1 N–H and O–H groups in total. The van der Waals surface area contributed by atoms with Crippen molar-refractivity contribution in [2.75, 3.05) is 11.9 Å². The van der Waals surface area contributed by atoms with Crippen molar-refractivity contribution in [2.45, 2.75) is 32.6 Å². The highest BCUT2D eigenvalue weighted by Crippen LogP contribution is 2.33. The lowest BCUT2D eigenvalue weighted by Crippen LogP contribution is -2.25. The molecular formula is C24H23N5O4S. The Labute approximate surface area is 199 Å². The van der Waals surface area contributed by atoms with Crippen LogP contribution in [0.25, 0.3) is 11.3 Å². The Morgan fingerprint density at radius 3 is 2.94 bits per heavy atom. The highest BCUT2D eigenvalue weighted by Gasteiger charge is 2.20. The van der Waals surface area contributed by atoms with Crippen LogP contribution in [0.15, 0.2) is 57.9 Å². The van der Waals surface area contributed by atoms with Gasteiger partial charge in [0.05, 0.1) is 16.3 Å². The Morgan fingerprint density at radius 1 is 1.26 bits per heavy atom. The smallest absolute Gasteiger partial charge is 0.294 e. The van der Waals surface area contributed by atoms with Gasteiger partial charge in [-0.25, -0.2) is 9.67 Å². The van der Waals surface area contributed by atoms with Crippen molar-refractivity contribution < 1.29 is 14.5 Å². The van der Waals surface area contributed by atoms with E-state index in [1.807, 2.05) is 23.6 Å². The number of hydrogen-bond acceptors (Lipinski definition) is 7. The maximum atomic E-state index is 11.8. The number of carbonyl (C=O) groups is 1. The van der Waals surface area contributed by atoms with E-state index in [2.05, 4.69) is 17.2 Å². The third kappa shape index (κ3) is 4.49. The molecule has 1 unspecified atom stereocenters. The van der Waals surface area contributed by atoms with E-state index in [0.717, 1.165) is 36.2 Å². The van der Waals surface area contributed by atoms with Gasteiger partial charge in [0.1, 0.15) is 11.4 Å². The van der Waals surface area contributed by atoms with Crippen LogP contribution in [0, 0.1) is 16.0 Å². The summed E-state index contributed by atoms with van der Waals surface area (Å²) in [6.07, 6.45) is 4.07. The van der Waals surface area contributed by atoms with Crippen LogP contribution in [0.2, 0.25) is 0 Å². The second-order valence-electron chi connectivity index (χ2n) is 8.49. The van der Waals surface area contributed by atoms with Gasteiger partial charge in [-0.1, -0.05) is 19.1 Å². The number of fused-ring (bicyclic) bond motifs is 1. The standard InChI is InChI=1S/C24H23N5O4S/c1-15-5-4-6-17(11-15)27-28-21(16-9-10-22-19(12-16)25-23(30)13-33-22)14-34-24(28)26-18-7-2-3-8-20(18)29(31)32/h2-3,7-10,12,14-15H,4-6,11,13H2,1H3,(H,25,30). The lowest BCUT2D eigenvalue weighted by Gasteiger charge is -2.20. The minimum Gasteiger partial charge on any atom is -0.482 e. The van der Waals surface area contributed by atoms with Gasteiger partial charge in [0, 0.05) is 22.7 Å². The summed E-state index contributed by atoms with van der Waals surface area (Å²) in [5.74, 6) is 0.968. The number of nitro benzene ring substituents is 1. The van der Waals surface area contributed by atoms with Crippen LogP contribution in [-0.2, 0) is 4.79 Å². The Balaban J connectivity index is 1.66. The number of aromatic nitrogens is 1.